The highest BCUT2D eigenvalue weighted by Gasteiger charge is 2.10. The second kappa shape index (κ2) is 4.04. The number of halogens is 1. The Labute approximate surface area is 99.9 Å². The van der Waals surface area contributed by atoms with Crippen molar-refractivity contribution in [2.45, 2.75) is 26.9 Å². The monoisotopic (exact) mass is 235 g/mol. The zero-order valence-corrected chi connectivity index (χ0v) is 10.3. The van der Waals surface area contributed by atoms with E-state index < -0.39 is 6.10 Å². The number of aromatic nitrogens is 1. The highest BCUT2D eigenvalue weighted by atomic mass is 35.5. The number of fused-ring (bicyclic) bond motifs is 1. The minimum Gasteiger partial charge on any atom is -0.389 e. The van der Waals surface area contributed by atoms with Crippen LogP contribution in [-0.2, 0) is 0 Å². The normalized spacial score (nSPS) is 13.1. The molecule has 0 fully saturated rings. The molecule has 0 saturated heterocycles. The molecule has 2 aromatic rings. The highest BCUT2D eigenvalue weighted by molar-refractivity contribution is 6.30. The van der Waals surface area contributed by atoms with E-state index in [1.165, 1.54) is 11.1 Å². The van der Waals surface area contributed by atoms with Gasteiger partial charge in [-0.05, 0) is 50.1 Å². The molecule has 1 N–H and O–H groups in total. The van der Waals surface area contributed by atoms with E-state index in [1.54, 1.807) is 6.92 Å². The van der Waals surface area contributed by atoms with Crippen molar-refractivity contribution in [1.29, 1.82) is 0 Å². The van der Waals surface area contributed by atoms with Crippen LogP contribution in [0.1, 0.15) is 29.7 Å². The summed E-state index contributed by atoms with van der Waals surface area (Å²) in [6.07, 6.45) is -0.592. The molecule has 0 spiro atoms. The third kappa shape index (κ3) is 1.91. The van der Waals surface area contributed by atoms with E-state index in [1.807, 2.05) is 19.1 Å². The van der Waals surface area contributed by atoms with Crippen LogP contribution in [-0.4, -0.2) is 10.1 Å². The Kier molecular flexibility index (Phi) is 2.87. The van der Waals surface area contributed by atoms with Crippen molar-refractivity contribution < 1.29 is 5.11 Å². The maximum Gasteiger partial charge on any atom is 0.135 e. The summed E-state index contributed by atoms with van der Waals surface area (Å²) in [5, 5.41) is 11.0. The number of pyridine rings is 1. The summed E-state index contributed by atoms with van der Waals surface area (Å²) < 4.78 is 0. The van der Waals surface area contributed by atoms with Crippen molar-refractivity contribution in [3.8, 4) is 0 Å². The van der Waals surface area contributed by atoms with Gasteiger partial charge in [0.25, 0.3) is 0 Å². The van der Waals surface area contributed by atoms with E-state index in [0.717, 1.165) is 10.9 Å². The first-order valence-electron chi connectivity index (χ1n) is 5.24. The summed E-state index contributed by atoms with van der Waals surface area (Å²) in [6, 6.07) is 5.99. The largest absolute Gasteiger partial charge is 0.389 e. The lowest BCUT2D eigenvalue weighted by atomic mass is 10.0. The van der Waals surface area contributed by atoms with Gasteiger partial charge < -0.3 is 5.11 Å². The van der Waals surface area contributed by atoms with Crippen molar-refractivity contribution in [3.63, 3.8) is 0 Å². The smallest absolute Gasteiger partial charge is 0.135 e. The number of aliphatic hydroxyl groups excluding tert-OH is 1. The molecule has 16 heavy (non-hydrogen) atoms. The van der Waals surface area contributed by atoms with Crippen LogP contribution in [0.15, 0.2) is 18.2 Å². The first-order valence-corrected chi connectivity index (χ1v) is 5.62. The molecule has 84 valence electrons. The lowest BCUT2D eigenvalue weighted by molar-refractivity contribution is 0.199. The third-order valence-electron chi connectivity index (χ3n) is 2.86. The van der Waals surface area contributed by atoms with Gasteiger partial charge in [0.1, 0.15) is 5.15 Å². The summed E-state index contributed by atoms with van der Waals surface area (Å²) in [5.74, 6) is 0. The number of hydrogen-bond acceptors (Lipinski definition) is 2. The Morgan fingerprint density at radius 1 is 1.19 bits per heavy atom. The van der Waals surface area contributed by atoms with Gasteiger partial charge in [-0.1, -0.05) is 11.6 Å². The first kappa shape index (κ1) is 11.4. The highest BCUT2D eigenvalue weighted by Crippen LogP contribution is 2.27. The maximum absolute atomic E-state index is 9.56. The molecule has 0 aliphatic heterocycles. The van der Waals surface area contributed by atoms with Crippen LogP contribution in [0.5, 0.6) is 0 Å². The van der Waals surface area contributed by atoms with Crippen molar-refractivity contribution >= 4 is 22.5 Å². The molecule has 1 unspecified atom stereocenters. The number of benzene rings is 1. The summed E-state index contributed by atoms with van der Waals surface area (Å²) in [4.78, 5) is 4.30. The average molecular weight is 236 g/mol. The van der Waals surface area contributed by atoms with Gasteiger partial charge in [0, 0.05) is 10.9 Å². The zero-order chi connectivity index (χ0) is 11.9. The minimum atomic E-state index is -0.592. The molecule has 1 heterocycles. The molecule has 0 amide bonds. The zero-order valence-electron chi connectivity index (χ0n) is 9.58. The van der Waals surface area contributed by atoms with Crippen LogP contribution in [0.25, 0.3) is 10.9 Å². The molecule has 1 aromatic carbocycles. The van der Waals surface area contributed by atoms with E-state index in [4.69, 9.17) is 11.6 Å². The summed E-state index contributed by atoms with van der Waals surface area (Å²) in [5.41, 5.74) is 3.96. The fourth-order valence-corrected chi connectivity index (χ4v) is 2.03. The number of rotatable bonds is 1. The molecule has 0 bridgehead atoms. The Hall–Kier alpha value is -1.12. The topological polar surface area (TPSA) is 33.1 Å². The molecule has 1 aromatic heterocycles. The molecule has 2 nitrogen and oxygen atoms in total. The number of nitrogens with zero attached hydrogens (tertiary/aromatic N) is 1. The van der Waals surface area contributed by atoms with E-state index in [-0.39, 0.29) is 0 Å². The molecule has 3 heteroatoms. The van der Waals surface area contributed by atoms with Crippen molar-refractivity contribution in [2.24, 2.45) is 0 Å². The van der Waals surface area contributed by atoms with Crippen LogP contribution in [0.3, 0.4) is 0 Å². The Morgan fingerprint density at radius 2 is 1.81 bits per heavy atom. The summed E-state index contributed by atoms with van der Waals surface area (Å²) >= 11 is 6.02. The lowest BCUT2D eigenvalue weighted by Gasteiger charge is -2.10. The Balaban J connectivity index is 2.74. The quantitative estimate of drug-likeness (QED) is 0.767. The molecule has 0 aliphatic rings. The second-order valence-corrected chi connectivity index (χ2v) is 4.53. The molecule has 0 saturated carbocycles. The van der Waals surface area contributed by atoms with Crippen LogP contribution < -0.4 is 0 Å². The molecular weight excluding hydrogens is 222 g/mol. The van der Waals surface area contributed by atoms with E-state index in [2.05, 4.69) is 18.0 Å². The lowest BCUT2D eigenvalue weighted by Crippen LogP contribution is -1.96. The number of aliphatic hydroxyl groups is 1. The van der Waals surface area contributed by atoms with Crippen LogP contribution in [0.2, 0.25) is 5.15 Å². The number of hydrogen-bond donors (Lipinski definition) is 1. The number of aryl methyl sites for hydroxylation is 2. The fraction of sp³-hybridized carbons (Fsp3) is 0.308. The van der Waals surface area contributed by atoms with Gasteiger partial charge in [0.2, 0.25) is 0 Å². The molecule has 0 radical (unpaired) electrons. The van der Waals surface area contributed by atoms with Crippen LogP contribution in [0.4, 0.5) is 0 Å². The Bertz CT molecular complexity index is 549. The van der Waals surface area contributed by atoms with Gasteiger partial charge in [0.15, 0.2) is 0 Å². The molecule has 1 atom stereocenters. The van der Waals surface area contributed by atoms with Gasteiger partial charge >= 0.3 is 0 Å². The fourth-order valence-electron chi connectivity index (χ4n) is 1.73. The standard InChI is InChI=1S/C13H14ClNO/c1-7-4-10-6-11(9(3)16)13(14)15-12(10)5-8(7)2/h4-6,9,16H,1-3H3. The van der Waals surface area contributed by atoms with Crippen molar-refractivity contribution in [3.05, 3.63) is 40.0 Å². The van der Waals surface area contributed by atoms with Crippen molar-refractivity contribution in [1.82, 2.24) is 4.98 Å². The maximum atomic E-state index is 9.56. The first-order chi connectivity index (χ1) is 7.49. The summed E-state index contributed by atoms with van der Waals surface area (Å²) in [6.45, 7) is 5.80. The predicted octanol–water partition coefficient (Wildman–Crippen LogP) is 3.56. The third-order valence-corrected chi connectivity index (χ3v) is 3.16. The molecular formula is C13H14ClNO. The second-order valence-electron chi connectivity index (χ2n) is 4.17. The SMILES string of the molecule is Cc1cc2cc(C(C)O)c(Cl)nc2cc1C. The van der Waals surface area contributed by atoms with Gasteiger partial charge in [-0.25, -0.2) is 4.98 Å². The summed E-state index contributed by atoms with van der Waals surface area (Å²) in [7, 11) is 0. The average Bonchev–Trinajstić information content (AvgIpc) is 2.19. The minimum absolute atomic E-state index is 0.380. The molecule has 0 aliphatic carbocycles. The van der Waals surface area contributed by atoms with Gasteiger partial charge in [-0.2, -0.15) is 0 Å². The molecule has 2 rings (SSSR count). The van der Waals surface area contributed by atoms with Gasteiger partial charge in [0.05, 0.1) is 11.6 Å². The predicted molar refractivity (Wildman–Crippen MR) is 66.9 cm³/mol. The van der Waals surface area contributed by atoms with Gasteiger partial charge in [-0.15, -0.1) is 0 Å². The van der Waals surface area contributed by atoms with Crippen LogP contribution >= 0.6 is 11.6 Å². The van der Waals surface area contributed by atoms with Crippen LogP contribution in [0, 0.1) is 13.8 Å². The van der Waals surface area contributed by atoms with E-state index in [0.29, 0.717) is 10.7 Å². The van der Waals surface area contributed by atoms with E-state index in [9.17, 15) is 5.11 Å². The van der Waals surface area contributed by atoms with E-state index >= 15 is 0 Å². The van der Waals surface area contributed by atoms with Gasteiger partial charge in [-0.3, -0.25) is 0 Å². The Morgan fingerprint density at radius 3 is 2.44 bits per heavy atom. The van der Waals surface area contributed by atoms with Crippen molar-refractivity contribution in [2.75, 3.05) is 0 Å².